The van der Waals surface area contributed by atoms with Gasteiger partial charge in [-0.1, -0.05) is 47.5 Å². The first kappa shape index (κ1) is 33.2. The summed E-state index contributed by atoms with van der Waals surface area (Å²) in [6.45, 7) is 5.81. The molecule has 7 rings (SSSR count). The van der Waals surface area contributed by atoms with Gasteiger partial charge in [-0.25, -0.2) is 9.13 Å². The SMILES string of the molecule is CC1(C)OC2C3OP(=O)(Oc4ccccc4Cl)OC[C@H]4O[C@@H]5OC(C)(C)OC5C4OP(=O)(Oc4ccccc4Cl)OC[C@H]3O[C@@H]2O1. The van der Waals surface area contributed by atoms with E-state index >= 15 is 0 Å². The van der Waals surface area contributed by atoms with Crippen LogP contribution in [0.2, 0.25) is 10.0 Å². The molecule has 6 unspecified atom stereocenters. The van der Waals surface area contributed by atoms with Gasteiger partial charge in [-0.05, 0) is 52.0 Å². The molecular weight excluding hydrogens is 693 g/mol. The Morgan fingerprint density at radius 3 is 1.41 bits per heavy atom. The second-order valence-electron chi connectivity index (χ2n) is 12.0. The molecule has 0 saturated carbocycles. The second kappa shape index (κ2) is 12.2. The number of fused-ring (bicyclic) bond motifs is 6. The highest BCUT2D eigenvalue weighted by Crippen LogP contribution is 2.59. The fourth-order valence-corrected chi connectivity index (χ4v) is 9.02. The van der Waals surface area contributed by atoms with E-state index in [1.807, 2.05) is 0 Å². The minimum Gasteiger partial charge on any atom is -0.402 e. The molecule has 5 fully saturated rings. The zero-order valence-corrected chi connectivity index (χ0v) is 28.3. The van der Waals surface area contributed by atoms with Gasteiger partial charge in [-0.2, -0.15) is 0 Å². The first-order valence-electron chi connectivity index (χ1n) is 14.5. The Kier molecular flexibility index (Phi) is 8.82. The molecule has 0 spiro atoms. The number of phosphoric ester groups is 2. The standard InChI is InChI=1S/C28H32Cl2O14P2/c1-27(2)37-23-21-19(35-25(23)39-27)13-33-46(32,42-18-12-8-6-10-16(18)30)44-22-20(36-26-24(22)38-28(3,4)40-26)14-34-45(31,43-21)41-17-11-7-5-9-15(17)29/h5-12,19-26H,13-14H2,1-4H3/t19-,20-,21?,22?,23?,24?,25-,26-,45?,46?/m1/s1. The minimum absolute atomic E-state index is 0.0369. The summed E-state index contributed by atoms with van der Waals surface area (Å²) in [5.41, 5.74) is 0. The molecule has 0 N–H and O–H groups in total. The van der Waals surface area contributed by atoms with E-state index in [1.165, 1.54) is 12.1 Å². The molecule has 5 heterocycles. The molecule has 18 heteroatoms. The van der Waals surface area contributed by atoms with Crippen LogP contribution in [0.1, 0.15) is 27.7 Å². The fraction of sp³-hybridized carbons (Fsp3) is 0.571. The molecule has 0 aromatic heterocycles. The number of ether oxygens (including phenoxy) is 6. The van der Waals surface area contributed by atoms with Crippen molar-refractivity contribution in [1.29, 1.82) is 0 Å². The van der Waals surface area contributed by atoms with Crippen LogP contribution in [0.4, 0.5) is 0 Å². The van der Waals surface area contributed by atoms with Crippen LogP contribution < -0.4 is 9.05 Å². The summed E-state index contributed by atoms with van der Waals surface area (Å²) in [7, 11) is -9.13. The third-order valence-electron chi connectivity index (χ3n) is 7.56. The van der Waals surface area contributed by atoms with Gasteiger partial charge in [-0.15, -0.1) is 0 Å². The molecule has 5 saturated heterocycles. The Morgan fingerprint density at radius 2 is 1.02 bits per heavy atom. The van der Waals surface area contributed by atoms with Crippen LogP contribution in [0.3, 0.4) is 0 Å². The number of halogens is 2. The smallest absolute Gasteiger partial charge is 0.402 e. The lowest BCUT2D eigenvalue weighted by Gasteiger charge is -2.32. The molecule has 5 aliphatic rings. The van der Waals surface area contributed by atoms with Crippen molar-refractivity contribution in [2.45, 2.75) is 88.5 Å². The molecule has 0 bridgehead atoms. The Hall–Kier alpha value is -1.32. The van der Waals surface area contributed by atoms with Gasteiger partial charge >= 0.3 is 15.6 Å². The molecule has 2 aromatic carbocycles. The lowest BCUT2D eigenvalue weighted by molar-refractivity contribution is -0.221. The van der Waals surface area contributed by atoms with Crippen molar-refractivity contribution in [3.63, 3.8) is 0 Å². The van der Waals surface area contributed by atoms with Crippen LogP contribution in [0.5, 0.6) is 11.5 Å². The van der Waals surface area contributed by atoms with Crippen molar-refractivity contribution in [2.24, 2.45) is 0 Å². The van der Waals surface area contributed by atoms with Gasteiger partial charge < -0.3 is 37.5 Å². The lowest BCUT2D eigenvalue weighted by Crippen LogP contribution is -2.41. The maximum Gasteiger partial charge on any atom is 0.530 e. The van der Waals surface area contributed by atoms with Crippen molar-refractivity contribution < 1.29 is 64.7 Å². The fourth-order valence-electron chi connectivity index (χ4n) is 5.68. The van der Waals surface area contributed by atoms with Gasteiger partial charge in [0.25, 0.3) is 0 Å². The highest BCUT2D eigenvalue weighted by molar-refractivity contribution is 7.49. The van der Waals surface area contributed by atoms with E-state index < -0.39 is 89.6 Å². The van der Waals surface area contributed by atoms with Gasteiger partial charge in [0.15, 0.2) is 24.2 Å². The topological polar surface area (TPSA) is 145 Å². The van der Waals surface area contributed by atoms with E-state index in [0.717, 1.165) is 0 Å². The van der Waals surface area contributed by atoms with Gasteiger partial charge in [0.1, 0.15) is 48.1 Å². The molecule has 10 atom stereocenters. The number of rotatable bonds is 4. The molecular formula is C28H32Cl2O14P2. The van der Waals surface area contributed by atoms with Crippen LogP contribution in [0.15, 0.2) is 48.5 Å². The number of hydrogen-bond acceptors (Lipinski definition) is 14. The number of para-hydroxylation sites is 2. The van der Waals surface area contributed by atoms with Crippen LogP contribution in [0, 0.1) is 0 Å². The normalized spacial score (nSPS) is 41.3. The van der Waals surface area contributed by atoms with Gasteiger partial charge in [0.05, 0.1) is 23.3 Å². The molecule has 0 aliphatic carbocycles. The summed E-state index contributed by atoms with van der Waals surface area (Å²) in [6, 6.07) is 12.8. The molecule has 252 valence electrons. The number of hydrogen-bond donors (Lipinski definition) is 0. The minimum atomic E-state index is -4.56. The molecule has 0 radical (unpaired) electrons. The first-order chi connectivity index (χ1) is 21.7. The summed E-state index contributed by atoms with van der Waals surface area (Å²) in [5, 5.41) is 0.320. The van der Waals surface area contributed by atoms with Crippen LogP contribution in [0.25, 0.3) is 0 Å². The summed E-state index contributed by atoms with van der Waals surface area (Å²) in [5.74, 6) is -2.06. The quantitative estimate of drug-likeness (QED) is 0.328. The Bertz CT molecular complexity index is 1450. The number of phosphoric acid groups is 2. The third-order valence-corrected chi connectivity index (χ3v) is 11.0. The van der Waals surface area contributed by atoms with Crippen molar-refractivity contribution in [3.05, 3.63) is 58.6 Å². The van der Waals surface area contributed by atoms with Gasteiger partial charge in [0, 0.05) is 0 Å². The zero-order valence-electron chi connectivity index (χ0n) is 25.0. The molecule has 5 aliphatic heterocycles. The molecule has 46 heavy (non-hydrogen) atoms. The van der Waals surface area contributed by atoms with Crippen LogP contribution in [-0.2, 0) is 55.6 Å². The predicted octanol–water partition coefficient (Wildman–Crippen LogP) is 6.24. The van der Waals surface area contributed by atoms with Crippen molar-refractivity contribution >= 4 is 38.8 Å². The highest BCUT2D eigenvalue weighted by atomic mass is 35.5. The van der Waals surface area contributed by atoms with Crippen molar-refractivity contribution in [3.8, 4) is 11.5 Å². The average molecular weight is 725 g/mol. The third kappa shape index (κ3) is 6.77. The van der Waals surface area contributed by atoms with Gasteiger partial charge in [-0.3, -0.25) is 18.1 Å². The maximum atomic E-state index is 14.5. The van der Waals surface area contributed by atoms with E-state index in [2.05, 4.69) is 0 Å². The summed E-state index contributed by atoms with van der Waals surface area (Å²) < 4.78 is 101. The molecule has 14 nitrogen and oxygen atoms in total. The summed E-state index contributed by atoms with van der Waals surface area (Å²) >= 11 is 12.7. The van der Waals surface area contributed by atoms with Crippen LogP contribution in [-0.4, -0.2) is 74.0 Å². The maximum absolute atomic E-state index is 14.5. The molecule has 2 aromatic rings. The van der Waals surface area contributed by atoms with Crippen LogP contribution >= 0.6 is 38.8 Å². The zero-order chi connectivity index (χ0) is 32.5. The lowest BCUT2D eigenvalue weighted by atomic mass is 10.1. The van der Waals surface area contributed by atoms with Crippen molar-refractivity contribution in [2.75, 3.05) is 13.2 Å². The Labute approximate surface area is 274 Å². The van der Waals surface area contributed by atoms with E-state index in [1.54, 1.807) is 64.1 Å². The van der Waals surface area contributed by atoms with Gasteiger partial charge in [0.2, 0.25) is 0 Å². The van der Waals surface area contributed by atoms with E-state index in [0.29, 0.717) is 0 Å². The monoisotopic (exact) mass is 724 g/mol. The average Bonchev–Trinajstić information content (AvgIpc) is 3.64. The second-order valence-corrected chi connectivity index (χ2v) is 15.9. The van der Waals surface area contributed by atoms with E-state index in [9.17, 15) is 9.13 Å². The highest BCUT2D eigenvalue weighted by Gasteiger charge is 2.61. The first-order valence-corrected chi connectivity index (χ1v) is 18.1. The summed E-state index contributed by atoms with van der Waals surface area (Å²) in [6.07, 6.45) is -8.29. The predicted molar refractivity (Wildman–Crippen MR) is 158 cm³/mol. The van der Waals surface area contributed by atoms with E-state index in [-0.39, 0.29) is 21.5 Å². The summed E-state index contributed by atoms with van der Waals surface area (Å²) in [4.78, 5) is 0. The van der Waals surface area contributed by atoms with E-state index in [4.69, 9.17) is 78.8 Å². The Morgan fingerprint density at radius 1 is 0.630 bits per heavy atom. The number of benzene rings is 2. The molecule has 0 amide bonds. The van der Waals surface area contributed by atoms with Crippen molar-refractivity contribution in [1.82, 2.24) is 0 Å². The largest absolute Gasteiger partial charge is 0.530 e. The Balaban J connectivity index is 1.25.